The molecule has 3 aliphatic rings. The standard InChI is InChI=1S/C28H40N6S/c1-22-12-6-11-19-34(22)25-20-24(33-17-9-3-10-18-33)30-26(31-25)32-27(35)29-21-28(15-7-8-16-28)23-13-4-2-5-14-23/h2,4-5,13-14,20,22H,3,6-12,15-19,21H2,1H3,(H2,29,30,31,32,35)/t22-/m1/s1. The highest BCUT2D eigenvalue weighted by molar-refractivity contribution is 7.80. The topological polar surface area (TPSA) is 56.3 Å². The van der Waals surface area contributed by atoms with Crippen LogP contribution in [0, 0.1) is 0 Å². The lowest BCUT2D eigenvalue weighted by Gasteiger charge is -2.35. The molecular formula is C28H40N6S. The van der Waals surface area contributed by atoms with Crippen molar-refractivity contribution in [1.82, 2.24) is 15.3 Å². The molecule has 1 saturated carbocycles. The SMILES string of the molecule is C[C@@H]1CCCCN1c1cc(N2CCCCC2)nc(NC(=S)NCC2(c3ccccc3)CCCC2)n1. The first-order valence-electron chi connectivity index (χ1n) is 13.6. The molecule has 1 aromatic carbocycles. The molecule has 1 aromatic heterocycles. The summed E-state index contributed by atoms with van der Waals surface area (Å²) >= 11 is 5.76. The van der Waals surface area contributed by atoms with Crippen LogP contribution < -0.4 is 20.4 Å². The van der Waals surface area contributed by atoms with Gasteiger partial charge in [-0.1, -0.05) is 43.2 Å². The molecule has 0 amide bonds. The van der Waals surface area contributed by atoms with Crippen molar-refractivity contribution in [2.24, 2.45) is 0 Å². The summed E-state index contributed by atoms with van der Waals surface area (Å²) in [5.41, 5.74) is 1.57. The van der Waals surface area contributed by atoms with Crippen molar-refractivity contribution in [3.05, 3.63) is 42.0 Å². The van der Waals surface area contributed by atoms with Gasteiger partial charge in [-0.05, 0) is 76.1 Å². The smallest absolute Gasteiger partial charge is 0.232 e. The average Bonchev–Trinajstić information content (AvgIpc) is 3.39. The van der Waals surface area contributed by atoms with Gasteiger partial charge >= 0.3 is 0 Å². The molecule has 7 heteroatoms. The predicted octanol–water partition coefficient (Wildman–Crippen LogP) is 5.64. The van der Waals surface area contributed by atoms with Gasteiger partial charge in [0, 0.05) is 43.7 Å². The van der Waals surface area contributed by atoms with Crippen molar-refractivity contribution in [2.45, 2.75) is 82.6 Å². The molecule has 3 fully saturated rings. The maximum Gasteiger partial charge on any atom is 0.232 e. The van der Waals surface area contributed by atoms with Crippen molar-refractivity contribution < 1.29 is 0 Å². The average molecular weight is 493 g/mol. The summed E-state index contributed by atoms with van der Waals surface area (Å²) in [5.74, 6) is 2.66. The predicted molar refractivity (Wildman–Crippen MR) is 150 cm³/mol. The molecule has 0 radical (unpaired) electrons. The van der Waals surface area contributed by atoms with E-state index in [1.807, 2.05) is 0 Å². The Labute approximate surface area is 215 Å². The second kappa shape index (κ2) is 11.1. The Morgan fingerprint density at radius 3 is 2.40 bits per heavy atom. The summed E-state index contributed by atoms with van der Waals surface area (Å²) in [6, 6.07) is 13.6. The highest BCUT2D eigenvalue weighted by Gasteiger charge is 2.35. The number of nitrogens with one attached hydrogen (secondary N) is 2. The van der Waals surface area contributed by atoms with Gasteiger partial charge in [-0.2, -0.15) is 9.97 Å². The zero-order valence-corrected chi connectivity index (χ0v) is 22.0. The number of benzene rings is 1. The molecule has 0 bridgehead atoms. The molecule has 2 N–H and O–H groups in total. The lowest BCUT2D eigenvalue weighted by Crippen LogP contribution is -2.41. The third kappa shape index (κ3) is 5.71. The van der Waals surface area contributed by atoms with Crippen molar-refractivity contribution in [2.75, 3.05) is 41.3 Å². The molecule has 2 saturated heterocycles. The summed E-state index contributed by atoms with van der Waals surface area (Å²) in [6.45, 7) is 6.33. The quantitative estimate of drug-likeness (QED) is 0.506. The van der Waals surface area contributed by atoms with E-state index in [1.165, 1.54) is 69.8 Å². The number of hydrogen-bond acceptors (Lipinski definition) is 5. The Hall–Kier alpha value is -2.41. The van der Waals surface area contributed by atoms with E-state index < -0.39 is 0 Å². The number of rotatable bonds is 6. The zero-order chi connectivity index (χ0) is 24.1. The number of aromatic nitrogens is 2. The molecular weight excluding hydrogens is 452 g/mol. The Kier molecular flexibility index (Phi) is 7.71. The van der Waals surface area contributed by atoms with Gasteiger partial charge in [0.05, 0.1) is 0 Å². The van der Waals surface area contributed by atoms with E-state index in [1.54, 1.807) is 0 Å². The number of anilines is 3. The van der Waals surface area contributed by atoms with Gasteiger partial charge in [-0.15, -0.1) is 0 Å². The van der Waals surface area contributed by atoms with Gasteiger partial charge in [-0.3, -0.25) is 0 Å². The van der Waals surface area contributed by atoms with Crippen LogP contribution in [0.15, 0.2) is 36.4 Å². The summed E-state index contributed by atoms with van der Waals surface area (Å²) in [7, 11) is 0. The second-order valence-corrected chi connectivity index (χ2v) is 11.1. The normalized spacial score (nSPS) is 22.1. The first-order chi connectivity index (χ1) is 17.1. The fourth-order valence-corrected chi connectivity index (χ4v) is 6.32. The van der Waals surface area contributed by atoms with Crippen LogP contribution >= 0.6 is 12.2 Å². The molecule has 6 nitrogen and oxygen atoms in total. The van der Waals surface area contributed by atoms with Gasteiger partial charge in [-0.25, -0.2) is 0 Å². The fraction of sp³-hybridized carbons (Fsp3) is 0.607. The van der Waals surface area contributed by atoms with Crippen LogP contribution in [0.4, 0.5) is 17.6 Å². The summed E-state index contributed by atoms with van der Waals surface area (Å²) in [4.78, 5) is 14.7. The Morgan fingerprint density at radius 1 is 0.943 bits per heavy atom. The molecule has 188 valence electrons. The van der Waals surface area contributed by atoms with Gasteiger partial charge in [0.15, 0.2) is 5.11 Å². The maximum atomic E-state index is 5.76. The summed E-state index contributed by atoms with van der Waals surface area (Å²) in [6.07, 6.45) is 12.4. The highest BCUT2D eigenvalue weighted by atomic mass is 32.1. The molecule has 3 heterocycles. The van der Waals surface area contributed by atoms with Crippen molar-refractivity contribution >= 4 is 34.9 Å². The lowest BCUT2D eigenvalue weighted by molar-refractivity contribution is 0.435. The van der Waals surface area contributed by atoms with Gasteiger partial charge in [0.1, 0.15) is 11.6 Å². The Bertz CT molecular complexity index is 984. The van der Waals surface area contributed by atoms with Crippen molar-refractivity contribution in [3.8, 4) is 0 Å². The van der Waals surface area contributed by atoms with Crippen LogP contribution in [0.1, 0.15) is 76.7 Å². The van der Waals surface area contributed by atoms with E-state index in [2.05, 4.69) is 63.8 Å². The molecule has 35 heavy (non-hydrogen) atoms. The van der Waals surface area contributed by atoms with Crippen LogP contribution in [0.2, 0.25) is 0 Å². The van der Waals surface area contributed by atoms with Crippen LogP contribution in [0.25, 0.3) is 0 Å². The van der Waals surface area contributed by atoms with Crippen LogP contribution in [0.3, 0.4) is 0 Å². The maximum absolute atomic E-state index is 5.76. The van der Waals surface area contributed by atoms with Gasteiger partial charge in [0.25, 0.3) is 0 Å². The fourth-order valence-electron chi connectivity index (χ4n) is 6.15. The van der Waals surface area contributed by atoms with Gasteiger partial charge < -0.3 is 20.4 Å². The second-order valence-electron chi connectivity index (χ2n) is 10.7. The number of hydrogen-bond donors (Lipinski definition) is 2. The Balaban J connectivity index is 1.32. The first-order valence-corrected chi connectivity index (χ1v) is 14.0. The summed E-state index contributed by atoms with van der Waals surface area (Å²) in [5, 5.41) is 7.50. The molecule has 0 spiro atoms. The van der Waals surface area contributed by atoms with E-state index in [-0.39, 0.29) is 5.41 Å². The molecule has 2 aliphatic heterocycles. The minimum atomic E-state index is 0.151. The summed E-state index contributed by atoms with van der Waals surface area (Å²) < 4.78 is 0. The van der Waals surface area contributed by atoms with E-state index in [4.69, 9.17) is 22.2 Å². The highest BCUT2D eigenvalue weighted by Crippen LogP contribution is 2.40. The van der Waals surface area contributed by atoms with E-state index in [9.17, 15) is 0 Å². The van der Waals surface area contributed by atoms with Crippen molar-refractivity contribution in [3.63, 3.8) is 0 Å². The molecule has 5 rings (SSSR count). The number of thiocarbonyl (C=S) groups is 1. The molecule has 2 aromatic rings. The molecule has 0 unspecified atom stereocenters. The van der Waals surface area contributed by atoms with Crippen LogP contribution in [-0.4, -0.2) is 47.3 Å². The molecule has 1 atom stereocenters. The third-order valence-corrected chi connectivity index (χ3v) is 8.48. The number of nitrogens with zero attached hydrogens (tertiary/aromatic N) is 4. The van der Waals surface area contributed by atoms with E-state index in [0.29, 0.717) is 17.1 Å². The minimum Gasteiger partial charge on any atom is -0.361 e. The lowest BCUT2D eigenvalue weighted by atomic mass is 9.79. The molecule has 1 aliphatic carbocycles. The minimum absolute atomic E-state index is 0.151. The van der Waals surface area contributed by atoms with Crippen molar-refractivity contribution in [1.29, 1.82) is 0 Å². The first kappa shape index (κ1) is 24.3. The van der Waals surface area contributed by atoms with Crippen LogP contribution in [0.5, 0.6) is 0 Å². The zero-order valence-electron chi connectivity index (χ0n) is 21.1. The number of piperidine rings is 2. The van der Waals surface area contributed by atoms with E-state index >= 15 is 0 Å². The largest absolute Gasteiger partial charge is 0.361 e. The van der Waals surface area contributed by atoms with Crippen LogP contribution in [-0.2, 0) is 5.41 Å². The third-order valence-electron chi connectivity index (χ3n) is 8.24. The Morgan fingerprint density at radius 2 is 1.66 bits per heavy atom. The van der Waals surface area contributed by atoms with E-state index in [0.717, 1.165) is 37.8 Å². The monoisotopic (exact) mass is 492 g/mol. The van der Waals surface area contributed by atoms with Gasteiger partial charge in [0.2, 0.25) is 5.95 Å².